The molecule has 0 saturated heterocycles. The molecule has 0 heterocycles. The van der Waals surface area contributed by atoms with E-state index in [1.165, 1.54) is 12.1 Å². The predicted molar refractivity (Wildman–Crippen MR) is 43.1 cm³/mol. The number of hydrogen-bond acceptors (Lipinski definition) is 2. The molecule has 0 bridgehead atoms. The van der Waals surface area contributed by atoms with Crippen molar-refractivity contribution >= 4 is 12.9 Å². The van der Waals surface area contributed by atoms with Gasteiger partial charge in [-0.2, -0.15) is 0 Å². The summed E-state index contributed by atoms with van der Waals surface area (Å²) < 4.78 is 10.5. The SMILES string of the molecule is N.O=P(O)(O)c1ccccc1. The van der Waals surface area contributed by atoms with Crippen molar-refractivity contribution in [1.82, 2.24) is 6.15 Å². The molecule has 0 aliphatic rings. The van der Waals surface area contributed by atoms with Crippen LogP contribution in [0, 0.1) is 0 Å². The van der Waals surface area contributed by atoms with E-state index in [0.29, 0.717) is 0 Å². The second-order valence-electron chi connectivity index (χ2n) is 1.88. The number of rotatable bonds is 1. The molecular weight excluding hydrogens is 165 g/mol. The minimum absolute atomic E-state index is 0. The molecule has 1 rings (SSSR count). The van der Waals surface area contributed by atoms with E-state index in [9.17, 15) is 4.57 Å². The van der Waals surface area contributed by atoms with E-state index in [0.717, 1.165) is 0 Å². The molecule has 0 aliphatic carbocycles. The molecule has 0 amide bonds. The molecule has 0 radical (unpaired) electrons. The van der Waals surface area contributed by atoms with Crippen LogP contribution in [0.4, 0.5) is 0 Å². The smallest absolute Gasteiger partial charge is 0.344 e. The van der Waals surface area contributed by atoms with Gasteiger partial charge >= 0.3 is 7.60 Å². The van der Waals surface area contributed by atoms with Crippen molar-refractivity contribution in [1.29, 1.82) is 0 Å². The zero-order valence-corrected chi connectivity index (χ0v) is 6.74. The summed E-state index contributed by atoms with van der Waals surface area (Å²) in [5.41, 5.74) is 0. The third-order valence-corrected chi connectivity index (χ3v) is 2.06. The maximum Gasteiger partial charge on any atom is 0.356 e. The highest BCUT2D eigenvalue weighted by atomic mass is 31.2. The summed E-state index contributed by atoms with van der Waals surface area (Å²) >= 11 is 0. The summed E-state index contributed by atoms with van der Waals surface area (Å²) in [6.45, 7) is 0. The van der Waals surface area contributed by atoms with Crippen molar-refractivity contribution in [3.63, 3.8) is 0 Å². The zero-order valence-electron chi connectivity index (χ0n) is 5.84. The first-order chi connectivity index (χ1) is 4.61. The molecule has 0 aromatic heterocycles. The van der Waals surface area contributed by atoms with Gasteiger partial charge < -0.3 is 15.9 Å². The Balaban J connectivity index is 0.000001000. The molecule has 62 valence electrons. The van der Waals surface area contributed by atoms with E-state index in [4.69, 9.17) is 9.79 Å². The van der Waals surface area contributed by atoms with Crippen LogP contribution in [-0.2, 0) is 4.57 Å². The lowest BCUT2D eigenvalue weighted by atomic mass is 10.4. The van der Waals surface area contributed by atoms with Gasteiger partial charge in [0.05, 0.1) is 5.30 Å². The van der Waals surface area contributed by atoms with Gasteiger partial charge in [0.25, 0.3) is 0 Å². The monoisotopic (exact) mass is 175 g/mol. The lowest BCUT2D eigenvalue weighted by Gasteiger charge is -2.00. The minimum Gasteiger partial charge on any atom is -0.344 e. The van der Waals surface area contributed by atoms with Crippen molar-refractivity contribution in [3.05, 3.63) is 30.3 Å². The number of benzene rings is 1. The highest BCUT2D eigenvalue weighted by Crippen LogP contribution is 2.32. The summed E-state index contributed by atoms with van der Waals surface area (Å²) in [6, 6.07) is 7.70. The first-order valence-electron chi connectivity index (χ1n) is 2.72. The van der Waals surface area contributed by atoms with Crippen molar-refractivity contribution in [2.75, 3.05) is 0 Å². The largest absolute Gasteiger partial charge is 0.356 e. The molecule has 0 fully saturated rings. The van der Waals surface area contributed by atoms with Gasteiger partial charge in [0.2, 0.25) is 0 Å². The molecule has 4 nitrogen and oxygen atoms in total. The normalized spacial score (nSPS) is 10.4. The molecule has 0 aliphatic heterocycles. The van der Waals surface area contributed by atoms with Crippen LogP contribution in [0.25, 0.3) is 0 Å². The minimum atomic E-state index is -4.02. The van der Waals surface area contributed by atoms with E-state index < -0.39 is 7.60 Å². The Kier molecular flexibility index (Phi) is 3.42. The van der Waals surface area contributed by atoms with Gasteiger partial charge in [-0.3, -0.25) is 4.57 Å². The van der Waals surface area contributed by atoms with Crippen molar-refractivity contribution in [2.24, 2.45) is 0 Å². The van der Waals surface area contributed by atoms with Gasteiger partial charge in [-0.05, 0) is 12.1 Å². The lowest BCUT2D eigenvalue weighted by molar-refractivity contribution is 0.387. The molecule has 5 heteroatoms. The second-order valence-corrected chi connectivity index (χ2v) is 3.48. The number of hydrogen-bond donors (Lipinski definition) is 3. The lowest BCUT2D eigenvalue weighted by Crippen LogP contribution is -2.01. The third-order valence-electron chi connectivity index (χ3n) is 1.09. The summed E-state index contributed by atoms with van der Waals surface area (Å²) in [5, 5.41) is 0.0648. The van der Waals surface area contributed by atoms with Gasteiger partial charge in [-0.25, -0.2) is 0 Å². The van der Waals surface area contributed by atoms with Crippen LogP contribution in [0.1, 0.15) is 0 Å². The molecule has 5 N–H and O–H groups in total. The Hall–Kier alpha value is -0.670. The molecule has 0 unspecified atom stereocenters. The van der Waals surface area contributed by atoms with E-state index in [-0.39, 0.29) is 11.5 Å². The van der Waals surface area contributed by atoms with Gasteiger partial charge in [0.15, 0.2) is 0 Å². The molecular formula is C6H10NO3P. The van der Waals surface area contributed by atoms with Crippen LogP contribution < -0.4 is 11.5 Å². The Morgan fingerprint density at radius 1 is 1.09 bits per heavy atom. The zero-order chi connectivity index (χ0) is 7.61. The summed E-state index contributed by atoms with van der Waals surface area (Å²) in [4.78, 5) is 17.2. The Morgan fingerprint density at radius 2 is 1.55 bits per heavy atom. The first kappa shape index (κ1) is 10.3. The van der Waals surface area contributed by atoms with E-state index in [1.807, 2.05) is 0 Å². The molecule has 1 aromatic carbocycles. The predicted octanol–water partition coefficient (Wildman–Crippen LogP) is 0.652. The molecule has 0 saturated carbocycles. The highest BCUT2D eigenvalue weighted by Gasteiger charge is 2.14. The van der Waals surface area contributed by atoms with E-state index in [2.05, 4.69) is 0 Å². The van der Waals surface area contributed by atoms with E-state index >= 15 is 0 Å². The molecule has 0 spiro atoms. The standard InChI is InChI=1S/C6H7O3P.H3N/c7-10(8,9)6-4-2-1-3-5-6;/h1-5H,(H2,7,8,9);1H3. The fraction of sp³-hybridized carbons (Fsp3) is 0. The first-order valence-corrected chi connectivity index (χ1v) is 4.33. The Bertz CT molecular complexity index is 256. The average Bonchev–Trinajstić information content (AvgIpc) is 1.88. The third kappa shape index (κ3) is 2.82. The highest BCUT2D eigenvalue weighted by molar-refractivity contribution is 7.60. The fourth-order valence-electron chi connectivity index (χ4n) is 0.622. The molecule has 0 atom stereocenters. The van der Waals surface area contributed by atoms with Crippen LogP contribution in [0.3, 0.4) is 0 Å². The van der Waals surface area contributed by atoms with Crippen LogP contribution in [0.15, 0.2) is 30.3 Å². The summed E-state index contributed by atoms with van der Waals surface area (Å²) in [7, 11) is -4.02. The molecule has 1 aromatic rings. The average molecular weight is 175 g/mol. The van der Waals surface area contributed by atoms with Crippen LogP contribution in [-0.4, -0.2) is 9.79 Å². The van der Waals surface area contributed by atoms with Crippen molar-refractivity contribution < 1.29 is 14.4 Å². The fourth-order valence-corrected chi connectivity index (χ4v) is 1.18. The van der Waals surface area contributed by atoms with Crippen LogP contribution in [0.2, 0.25) is 0 Å². The van der Waals surface area contributed by atoms with Gasteiger partial charge in [0.1, 0.15) is 0 Å². The quantitative estimate of drug-likeness (QED) is 0.546. The summed E-state index contributed by atoms with van der Waals surface area (Å²) in [5.74, 6) is 0. The topological polar surface area (TPSA) is 92.5 Å². The molecule has 11 heavy (non-hydrogen) atoms. The second kappa shape index (κ2) is 3.64. The van der Waals surface area contributed by atoms with Gasteiger partial charge in [-0.15, -0.1) is 0 Å². The van der Waals surface area contributed by atoms with Crippen molar-refractivity contribution in [3.8, 4) is 0 Å². The maximum absolute atomic E-state index is 10.5. The van der Waals surface area contributed by atoms with Crippen LogP contribution in [0.5, 0.6) is 0 Å². The van der Waals surface area contributed by atoms with E-state index in [1.54, 1.807) is 18.2 Å². The summed E-state index contributed by atoms with van der Waals surface area (Å²) in [6.07, 6.45) is 0. The van der Waals surface area contributed by atoms with Gasteiger partial charge in [0, 0.05) is 0 Å². The maximum atomic E-state index is 10.5. The Morgan fingerprint density at radius 3 is 1.82 bits per heavy atom. The Labute approximate surface area is 64.6 Å². The van der Waals surface area contributed by atoms with Crippen molar-refractivity contribution in [2.45, 2.75) is 0 Å². The van der Waals surface area contributed by atoms with Gasteiger partial charge in [-0.1, -0.05) is 18.2 Å². The van der Waals surface area contributed by atoms with Crippen LogP contribution >= 0.6 is 7.60 Å².